The summed E-state index contributed by atoms with van der Waals surface area (Å²) in [5.41, 5.74) is 0. The van der Waals surface area contributed by atoms with Crippen LogP contribution in [0, 0.1) is 11.8 Å². The lowest BCUT2D eigenvalue weighted by Gasteiger charge is -2.30. The minimum atomic E-state index is -0.192. The van der Waals surface area contributed by atoms with Crippen LogP contribution in [0.2, 0.25) is 0 Å². The standard InChI is InChI=1S/C15H21N5O3/c1-23-10-11-7-20(13-6-16-2-3-17-13)8-12(11)15(22)19-5-4-18-14(21)9-19/h2-3,6,11-12H,4-5,7-10H2,1H3,(H,18,21)/t11-,12+/m0/s1. The third-order valence-electron chi connectivity index (χ3n) is 4.36. The minimum absolute atomic E-state index is 0.0216. The van der Waals surface area contributed by atoms with Crippen molar-refractivity contribution in [2.45, 2.75) is 0 Å². The van der Waals surface area contributed by atoms with Gasteiger partial charge in [-0.05, 0) is 0 Å². The highest BCUT2D eigenvalue weighted by atomic mass is 16.5. The average Bonchev–Trinajstić information content (AvgIpc) is 2.99. The summed E-state index contributed by atoms with van der Waals surface area (Å²) in [6.45, 7) is 2.99. The van der Waals surface area contributed by atoms with Gasteiger partial charge in [-0.25, -0.2) is 4.98 Å². The number of methoxy groups -OCH3 is 1. The van der Waals surface area contributed by atoms with E-state index >= 15 is 0 Å². The fourth-order valence-corrected chi connectivity index (χ4v) is 3.24. The Balaban J connectivity index is 1.73. The first-order chi connectivity index (χ1) is 11.2. The summed E-state index contributed by atoms with van der Waals surface area (Å²) < 4.78 is 5.29. The summed E-state index contributed by atoms with van der Waals surface area (Å²) in [5, 5.41) is 2.74. The van der Waals surface area contributed by atoms with Gasteiger partial charge < -0.3 is 19.9 Å². The van der Waals surface area contributed by atoms with E-state index in [2.05, 4.69) is 20.2 Å². The number of rotatable bonds is 4. The molecule has 8 nitrogen and oxygen atoms in total. The van der Waals surface area contributed by atoms with Gasteiger partial charge in [-0.1, -0.05) is 0 Å². The van der Waals surface area contributed by atoms with Crippen molar-refractivity contribution >= 4 is 17.6 Å². The van der Waals surface area contributed by atoms with Gasteiger partial charge in [-0.15, -0.1) is 0 Å². The summed E-state index contributed by atoms with van der Waals surface area (Å²) in [4.78, 5) is 36.5. The van der Waals surface area contributed by atoms with Crippen molar-refractivity contribution in [3.63, 3.8) is 0 Å². The van der Waals surface area contributed by atoms with Gasteiger partial charge >= 0.3 is 0 Å². The molecule has 2 aliphatic rings. The van der Waals surface area contributed by atoms with E-state index in [-0.39, 0.29) is 30.2 Å². The maximum atomic E-state index is 12.8. The number of amides is 2. The van der Waals surface area contributed by atoms with Gasteiger partial charge in [0.15, 0.2) is 0 Å². The topological polar surface area (TPSA) is 87.7 Å². The van der Waals surface area contributed by atoms with E-state index in [0.29, 0.717) is 32.8 Å². The zero-order valence-corrected chi connectivity index (χ0v) is 13.1. The first-order valence-electron chi connectivity index (χ1n) is 7.74. The first-order valence-corrected chi connectivity index (χ1v) is 7.74. The van der Waals surface area contributed by atoms with Crippen LogP contribution in [0.15, 0.2) is 18.6 Å². The van der Waals surface area contributed by atoms with Crippen LogP contribution < -0.4 is 10.2 Å². The van der Waals surface area contributed by atoms with E-state index in [1.807, 2.05) is 0 Å². The number of piperazine rings is 1. The summed E-state index contributed by atoms with van der Waals surface area (Å²) in [6.07, 6.45) is 4.97. The molecule has 3 rings (SSSR count). The molecule has 1 N–H and O–H groups in total. The Morgan fingerprint density at radius 2 is 2.30 bits per heavy atom. The van der Waals surface area contributed by atoms with Crippen molar-refractivity contribution < 1.29 is 14.3 Å². The molecule has 0 aromatic carbocycles. The molecule has 0 bridgehead atoms. The minimum Gasteiger partial charge on any atom is -0.384 e. The molecule has 124 valence electrons. The maximum Gasteiger partial charge on any atom is 0.239 e. The van der Waals surface area contributed by atoms with Gasteiger partial charge in [-0.3, -0.25) is 14.6 Å². The second kappa shape index (κ2) is 6.91. The van der Waals surface area contributed by atoms with Gasteiger partial charge in [0, 0.05) is 51.6 Å². The predicted octanol–water partition coefficient (Wildman–Crippen LogP) is -0.866. The molecule has 2 amide bonds. The van der Waals surface area contributed by atoms with Crippen LogP contribution >= 0.6 is 0 Å². The lowest BCUT2D eigenvalue weighted by Crippen LogP contribution is -2.52. The highest BCUT2D eigenvalue weighted by Crippen LogP contribution is 2.28. The van der Waals surface area contributed by atoms with E-state index in [1.54, 1.807) is 30.6 Å². The predicted molar refractivity (Wildman–Crippen MR) is 82.7 cm³/mol. The van der Waals surface area contributed by atoms with Crippen molar-refractivity contribution in [3.8, 4) is 0 Å². The molecule has 2 atom stereocenters. The molecule has 1 aromatic heterocycles. The fourth-order valence-electron chi connectivity index (χ4n) is 3.24. The van der Waals surface area contributed by atoms with Crippen LogP contribution in [-0.2, 0) is 14.3 Å². The molecule has 2 saturated heterocycles. The van der Waals surface area contributed by atoms with E-state index in [1.165, 1.54) is 0 Å². The monoisotopic (exact) mass is 319 g/mol. The Hall–Kier alpha value is -2.22. The number of nitrogens with one attached hydrogen (secondary N) is 1. The van der Waals surface area contributed by atoms with Crippen molar-refractivity contribution in [2.75, 3.05) is 51.3 Å². The molecule has 0 spiro atoms. The molecule has 0 aliphatic carbocycles. The summed E-state index contributed by atoms with van der Waals surface area (Å²) in [5.74, 6) is 0.576. The van der Waals surface area contributed by atoms with Crippen molar-refractivity contribution in [1.82, 2.24) is 20.2 Å². The Morgan fingerprint density at radius 1 is 1.43 bits per heavy atom. The van der Waals surface area contributed by atoms with Gasteiger partial charge in [0.25, 0.3) is 0 Å². The molecule has 8 heteroatoms. The number of anilines is 1. The third kappa shape index (κ3) is 3.42. The largest absolute Gasteiger partial charge is 0.384 e. The molecule has 0 radical (unpaired) electrons. The summed E-state index contributed by atoms with van der Waals surface area (Å²) >= 11 is 0. The van der Waals surface area contributed by atoms with Crippen molar-refractivity contribution in [1.29, 1.82) is 0 Å². The quantitative estimate of drug-likeness (QED) is 0.776. The number of nitrogens with zero attached hydrogens (tertiary/aromatic N) is 4. The lowest BCUT2D eigenvalue weighted by molar-refractivity contribution is -0.142. The molecule has 23 heavy (non-hydrogen) atoms. The molecular weight excluding hydrogens is 298 g/mol. The molecular formula is C15H21N5O3. The molecule has 1 aromatic rings. The lowest BCUT2D eigenvalue weighted by atomic mass is 9.95. The Bertz CT molecular complexity index is 567. The highest BCUT2D eigenvalue weighted by molar-refractivity contribution is 5.87. The van der Waals surface area contributed by atoms with Gasteiger partial charge in [0.2, 0.25) is 11.8 Å². The summed E-state index contributed by atoms with van der Waals surface area (Å²) in [6, 6.07) is 0. The van der Waals surface area contributed by atoms with E-state index < -0.39 is 0 Å². The summed E-state index contributed by atoms with van der Waals surface area (Å²) in [7, 11) is 1.64. The molecule has 2 fully saturated rings. The van der Waals surface area contributed by atoms with Gasteiger partial charge in [0.05, 0.1) is 25.3 Å². The number of carbonyl (C=O) groups is 2. The number of aromatic nitrogens is 2. The molecule has 3 heterocycles. The number of ether oxygens (including phenoxy) is 1. The van der Waals surface area contributed by atoms with E-state index in [4.69, 9.17) is 4.74 Å². The SMILES string of the molecule is COC[C@@H]1CN(c2cnccn2)C[C@H]1C(=O)N1CCNC(=O)C1. The second-order valence-corrected chi connectivity index (χ2v) is 5.90. The fraction of sp³-hybridized carbons (Fsp3) is 0.600. The van der Waals surface area contributed by atoms with Crippen LogP contribution in [0.1, 0.15) is 0 Å². The Morgan fingerprint density at radius 3 is 3.00 bits per heavy atom. The van der Waals surface area contributed by atoms with Gasteiger partial charge in [-0.2, -0.15) is 0 Å². The van der Waals surface area contributed by atoms with Crippen LogP contribution in [0.3, 0.4) is 0 Å². The van der Waals surface area contributed by atoms with E-state index in [0.717, 1.165) is 5.82 Å². The molecule has 2 aliphatic heterocycles. The van der Waals surface area contributed by atoms with Crippen LogP contribution in [0.25, 0.3) is 0 Å². The molecule has 0 unspecified atom stereocenters. The van der Waals surface area contributed by atoms with E-state index in [9.17, 15) is 9.59 Å². The Kier molecular flexibility index (Phi) is 4.71. The smallest absolute Gasteiger partial charge is 0.239 e. The zero-order valence-electron chi connectivity index (χ0n) is 13.1. The van der Waals surface area contributed by atoms with Crippen molar-refractivity contribution in [2.24, 2.45) is 11.8 Å². The Labute approximate surface area is 134 Å². The first kappa shape index (κ1) is 15.7. The number of hydrogen-bond acceptors (Lipinski definition) is 6. The van der Waals surface area contributed by atoms with Crippen LogP contribution in [0.5, 0.6) is 0 Å². The van der Waals surface area contributed by atoms with Crippen molar-refractivity contribution in [3.05, 3.63) is 18.6 Å². The normalized spacial score (nSPS) is 24.7. The van der Waals surface area contributed by atoms with Crippen LogP contribution in [-0.4, -0.2) is 73.1 Å². The van der Waals surface area contributed by atoms with Gasteiger partial charge in [0.1, 0.15) is 5.82 Å². The third-order valence-corrected chi connectivity index (χ3v) is 4.36. The maximum absolute atomic E-state index is 12.8. The zero-order chi connectivity index (χ0) is 16.2. The second-order valence-electron chi connectivity index (χ2n) is 5.90. The highest BCUT2D eigenvalue weighted by Gasteiger charge is 2.40. The number of hydrogen-bond donors (Lipinski definition) is 1. The van der Waals surface area contributed by atoms with Crippen LogP contribution in [0.4, 0.5) is 5.82 Å². The molecule has 0 saturated carbocycles. The average molecular weight is 319 g/mol. The number of carbonyl (C=O) groups excluding carboxylic acids is 2.